The molecule has 0 atom stereocenters. The van der Waals surface area contributed by atoms with Crippen LogP contribution in [0.3, 0.4) is 0 Å². The number of hydrogen-bond donors (Lipinski definition) is 2. The second-order valence-corrected chi connectivity index (χ2v) is 8.73. The van der Waals surface area contributed by atoms with E-state index in [0.29, 0.717) is 0 Å². The molecule has 2 N–H and O–H groups in total. The molecule has 1 aromatic heterocycles. The van der Waals surface area contributed by atoms with Gasteiger partial charge >= 0.3 is 0 Å². The van der Waals surface area contributed by atoms with Crippen LogP contribution < -0.4 is 5.43 Å². The lowest BCUT2D eigenvalue weighted by Crippen LogP contribution is -2.17. The highest BCUT2D eigenvalue weighted by molar-refractivity contribution is 9.10. The summed E-state index contributed by atoms with van der Waals surface area (Å²) in [7, 11) is 0. The number of aryl methyl sites for hydroxylation is 2. The van der Waals surface area contributed by atoms with Gasteiger partial charge in [-0.3, -0.25) is 4.79 Å². The van der Waals surface area contributed by atoms with Gasteiger partial charge in [0, 0.05) is 27.1 Å². The predicted octanol–water partition coefficient (Wildman–Crippen LogP) is 6.10. The van der Waals surface area contributed by atoms with Gasteiger partial charge in [-0.25, -0.2) is 5.43 Å². The van der Waals surface area contributed by atoms with Crippen LogP contribution in [0.25, 0.3) is 16.5 Å². The number of aromatic nitrogens is 1. The molecule has 5 nitrogen and oxygen atoms in total. The Balaban J connectivity index is 1.63. The lowest BCUT2D eigenvalue weighted by atomic mass is 10.1. The van der Waals surface area contributed by atoms with E-state index < -0.39 is 5.91 Å². The molecule has 0 saturated heterocycles. The second kappa shape index (κ2) is 8.63. The Bertz CT molecular complexity index is 1390. The molecule has 0 fully saturated rings. The number of phenols is 1. The molecule has 0 unspecified atom stereocenters. The Morgan fingerprint density at radius 1 is 1.00 bits per heavy atom. The normalized spacial score (nSPS) is 11.4. The number of benzene rings is 3. The van der Waals surface area contributed by atoms with Crippen molar-refractivity contribution in [3.8, 4) is 11.4 Å². The van der Waals surface area contributed by atoms with E-state index in [2.05, 4.69) is 63.1 Å². The van der Waals surface area contributed by atoms with E-state index in [1.807, 2.05) is 38.1 Å². The zero-order valence-electron chi connectivity index (χ0n) is 18.4. The number of rotatable bonds is 4. The summed E-state index contributed by atoms with van der Waals surface area (Å²) >= 11 is 3.68. The molecule has 0 spiro atoms. The van der Waals surface area contributed by atoms with Crippen molar-refractivity contribution in [1.29, 1.82) is 0 Å². The van der Waals surface area contributed by atoms with E-state index in [0.717, 1.165) is 37.9 Å². The van der Waals surface area contributed by atoms with E-state index in [9.17, 15) is 9.90 Å². The minimum Gasteiger partial charge on any atom is -0.507 e. The van der Waals surface area contributed by atoms with Gasteiger partial charge in [-0.2, -0.15) is 5.10 Å². The number of fused-ring (bicyclic) bond motifs is 1. The molecule has 0 aliphatic heterocycles. The van der Waals surface area contributed by atoms with Crippen molar-refractivity contribution >= 4 is 38.8 Å². The first-order valence-electron chi connectivity index (χ1n) is 10.3. The molecule has 162 valence electrons. The summed E-state index contributed by atoms with van der Waals surface area (Å²) < 4.78 is 3.10. The van der Waals surface area contributed by atoms with Crippen LogP contribution in [0.2, 0.25) is 0 Å². The molecule has 32 heavy (non-hydrogen) atoms. The minimum atomic E-state index is -0.469. The van der Waals surface area contributed by atoms with Crippen molar-refractivity contribution in [2.24, 2.45) is 5.10 Å². The zero-order chi connectivity index (χ0) is 23.0. The van der Waals surface area contributed by atoms with Gasteiger partial charge < -0.3 is 9.67 Å². The molecule has 4 rings (SSSR count). The standard InChI is InChI=1S/C26H24BrN3O2/c1-15-9-10-16(2)23(11-15)30-17(3)22(25(27)18(30)4)14-28-29-26(32)21-12-19-7-5-6-8-20(19)13-24(21)31/h5-14,31H,1-4H3,(H,29,32)/b28-14-. The topological polar surface area (TPSA) is 66.6 Å². The Morgan fingerprint density at radius 3 is 2.41 bits per heavy atom. The van der Waals surface area contributed by atoms with Gasteiger partial charge in [-0.15, -0.1) is 0 Å². The zero-order valence-corrected chi connectivity index (χ0v) is 20.0. The largest absolute Gasteiger partial charge is 0.507 e. The highest BCUT2D eigenvalue weighted by Gasteiger charge is 2.17. The summed E-state index contributed by atoms with van der Waals surface area (Å²) in [5, 5.41) is 16.2. The highest BCUT2D eigenvalue weighted by Crippen LogP contribution is 2.31. The molecule has 6 heteroatoms. The molecule has 0 radical (unpaired) electrons. The third-order valence-electron chi connectivity index (χ3n) is 5.69. The van der Waals surface area contributed by atoms with Gasteiger partial charge in [-0.05, 0) is 83.7 Å². The molecular formula is C26H24BrN3O2. The van der Waals surface area contributed by atoms with Crippen molar-refractivity contribution in [2.75, 3.05) is 0 Å². The molecule has 0 bridgehead atoms. The molecule has 4 aromatic rings. The quantitative estimate of drug-likeness (QED) is 0.268. The Kier molecular flexibility index (Phi) is 5.89. The summed E-state index contributed by atoms with van der Waals surface area (Å²) in [6.07, 6.45) is 1.63. The number of halogens is 1. The van der Waals surface area contributed by atoms with Crippen LogP contribution in [0.5, 0.6) is 5.75 Å². The van der Waals surface area contributed by atoms with Crippen molar-refractivity contribution in [3.05, 3.63) is 92.7 Å². The van der Waals surface area contributed by atoms with E-state index in [4.69, 9.17) is 0 Å². The van der Waals surface area contributed by atoms with Crippen LogP contribution in [-0.2, 0) is 0 Å². The van der Waals surface area contributed by atoms with Crippen molar-refractivity contribution < 1.29 is 9.90 Å². The minimum absolute atomic E-state index is 0.0781. The van der Waals surface area contributed by atoms with Gasteiger partial charge in [-0.1, -0.05) is 36.4 Å². The summed E-state index contributed by atoms with van der Waals surface area (Å²) in [6, 6.07) is 17.2. The molecule has 0 aliphatic carbocycles. The number of nitrogens with zero attached hydrogens (tertiary/aromatic N) is 2. The smallest absolute Gasteiger partial charge is 0.275 e. The average Bonchev–Trinajstić information content (AvgIpc) is 2.98. The summed E-state index contributed by atoms with van der Waals surface area (Å²) in [6.45, 7) is 8.23. The lowest BCUT2D eigenvalue weighted by Gasteiger charge is -2.13. The maximum Gasteiger partial charge on any atom is 0.275 e. The summed E-state index contributed by atoms with van der Waals surface area (Å²) in [4.78, 5) is 12.6. The molecule has 0 saturated carbocycles. The predicted molar refractivity (Wildman–Crippen MR) is 133 cm³/mol. The van der Waals surface area contributed by atoms with Crippen LogP contribution in [0, 0.1) is 27.7 Å². The van der Waals surface area contributed by atoms with Crippen molar-refractivity contribution in [3.63, 3.8) is 0 Å². The number of phenolic OH excluding ortho intramolecular Hbond substituents is 1. The number of carbonyl (C=O) groups excluding carboxylic acids is 1. The van der Waals surface area contributed by atoms with Crippen LogP contribution >= 0.6 is 15.9 Å². The number of nitrogens with one attached hydrogen (secondary N) is 1. The fraction of sp³-hybridized carbons (Fsp3) is 0.154. The van der Waals surface area contributed by atoms with E-state index >= 15 is 0 Å². The van der Waals surface area contributed by atoms with Crippen LogP contribution in [-0.4, -0.2) is 21.8 Å². The second-order valence-electron chi connectivity index (χ2n) is 7.94. The molecule has 3 aromatic carbocycles. The third-order valence-corrected chi connectivity index (χ3v) is 6.69. The first-order valence-corrected chi connectivity index (χ1v) is 11.1. The number of aromatic hydroxyl groups is 1. The summed E-state index contributed by atoms with van der Waals surface area (Å²) in [5.41, 5.74) is 9.14. The van der Waals surface area contributed by atoms with Crippen LogP contribution in [0.4, 0.5) is 0 Å². The SMILES string of the molecule is Cc1ccc(C)c(-n2c(C)c(Br)c(/C=N\NC(=O)c3cc4ccccc4cc3O)c2C)c1. The van der Waals surface area contributed by atoms with Gasteiger partial charge in [0.1, 0.15) is 5.75 Å². The fourth-order valence-corrected chi connectivity index (χ4v) is 4.49. The van der Waals surface area contributed by atoms with Crippen LogP contribution in [0.15, 0.2) is 64.2 Å². The van der Waals surface area contributed by atoms with Crippen molar-refractivity contribution in [2.45, 2.75) is 27.7 Å². The maximum atomic E-state index is 12.6. The number of amides is 1. The van der Waals surface area contributed by atoms with Gasteiger partial charge in [0.2, 0.25) is 0 Å². The lowest BCUT2D eigenvalue weighted by molar-refractivity contribution is 0.0952. The van der Waals surface area contributed by atoms with Gasteiger partial charge in [0.25, 0.3) is 5.91 Å². The van der Waals surface area contributed by atoms with Gasteiger partial charge in [0.15, 0.2) is 0 Å². The highest BCUT2D eigenvalue weighted by atomic mass is 79.9. The Morgan fingerprint density at radius 2 is 1.69 bits per heavy atom. The van der Waals surface area contributed by atoms with Gasteiger partial charge in [0.05, 0.1) is 11.8 Å². The molecule has 1 amide bonds. The first kappa shape index (κ1) is 21.8. The van der Waals surface area contributed by atoms with Crippen molar-refractivity contribution in [1.82, 2.24) is 9.99 Å². The number of hydrazone groups is 1. The number of carbonyl (C=O) groups is 1. The summed E-state index contributed by atoms with van der Waals surface area (Å²) in [5.74, 6) is -0.547. The fourth-order valence-electron chi connectivity index (χ4n) is 3.92. The molecular weight excluding hydrogens is 466 g/mol. The average molecular weight is 490 g/mol. The Labute approximate surface area is 195 Å². The van der Waals surface area contributed by atoms with Crippen LogP contribution in [0.1, 0.15) is 38.4 Å². The van der Waals surface area contributed by atoms with E-state index in [1.54, 1.807) is 18.3 Å². The maximum absolute atomic E-state index is 12.6. The van der Waals surface area contributed by atoms with E-state index in [-0.39, 0.29) is 11.3 Å². The monoisotopic (exact) mass is 489 g/mol. The van der Waals surface area contributed by atoms with E-state index in [1.165, 1.54) is 11.1 Å². The molecule has 1 heterocycles. The molecule has 0 aliphatic rings. The number of hydrogen-bond acceptors (Lipinski definition) is 3. The first-order chi connectivity index (χ1) is 15.3. The Hall–Kier alpha value is -3.38. The third kappa shape index (κ3) is 3.94.